The van der Waals surface area contributed by atoms with E-state index < -0.39 is 0 Å². The third-order valence-corrected chi connectivity index (χ3v) is 2.35. The first-order valence-corrected chi connectivity index (χ1v) is 5.03. The van der Waals surface area contributed by atoms with E-state index in [9.17, 15) is 14.4 Å². The van der Waals surface area contributed by atoms with Gasteiger partial charge in [0.15, 0.2) is 0 Å². The molecule has 84 valence electrons. The molecule has 0 radical (unpaired) electrons. The lowest BCUT2D eigenvalue weighted by Crippen LogP contribution is -2.37. The van der Waals surface area contributed by atoms with Gasteiger partial charge in [-0.2, -0.15) is 0 Å². The average molecular weight is 212 g/mol. The fourth-order valence-electron chi connectivity index (χ4n) is 1.72. The van der Waals surface area contributed by atoms with Crippen LogP contribution in [0, 0.1) is 0 Å². The zero-order valence-electron chi connectivity index (χ0n) is 9.08. The van der Waals surface area contributed by atoms with Gasteiger partial charge in [0.2, 0.25) is 11.8 Å². The molecule has 0 bridgehead atoms. The summed E-state index contributed by atoms with van der Waals surface area (Å²) in [5, 5.41) is 2.76. The van der Waals surface area contributed by atoms with Crippen molar-refractivity contribution in [2.45, 2.75) is 32.7 Å². The number of Topliss-reactive ketones (excluding diaryl/α,β-unsaturated/α-hetero) is 1. The summed E-state index contributed by atoms with van der Waals surface area (Å²) in [4.78, 5) is 34.6. The summed E-state index contributed by atoms with van der Waals surface area (Å²) in [6.07, 6.45) is 0.732. The molecule has 0 aromatic carbocycles. The lowest BCUT2D eigenvalue weighted by molar-refractivity contribution is -0.134. The van der Waals surface area contributed by atoms with Gasteiger partial charge in [-0.15, -0.1) is 0 Å². The van der Waals surface area contributed by atoms with Crippen LogP contribution in [0.1, 0.15) is 26.7 Å². The van der Waals surface area contributed by atoms with Crippen LogP contribution in [0.15, 0.2) is 0 Å². The summed E-state index contributed by atoms with van der Waals surface area (Å²) >= 11 is 0. The number of amides is 2. The number of hydrogen-bond donors (Lipinski definition) is 1. The molecule has 1 saturated heterocycles. The van der Waals surface area contributed by atoms with Crippen LogP contribution < -0.4 is 5.32 Å². The van der Waals surface area contributed by atoms with Gasteiger partial charge in [0.25, 0.3) is 0 Å². The van der Waals surface area contributed by atoms with Crippen molar-refractivity contribution >= 4 is 17.6 Å². The van der Waals surface area contributed by atoms with Crippen LogP contribution in [0.2, 0.25) is 0 Å². The van der Waals surface area contributed by atoms with E-state index in [1.54, 1.807) is 4.90 Å². The van der Waals surface area contributed by atoms with Crippen molar-refractivity contribution in [3.8, 4) is 0 Å². The van der Waals surface area contributed by atoms with E-state index in [0.29, 0.717) is 13.1 Å². The second-order valence-electron chi connectivity index (χ2n) is 3.90. The topological polar surface area (TPSA) is 66.5 Å². The molecule has 1 rings (SSSR count). The normalized spacial score (nSPS) is 20.1. The molecule has 1 unspecified atom stereocenters. The van der Waals surface area contributed by atoms with Gasteiger partial charge in [-0.1, -0.05) is 0 Å². The van der Waals surface area contributed by atoms with Crippen LogP contribution in [-0.2, 0) is 14.4 Å². The lowest BCUT2D eigenvalue weighted by atomic mass is 10.2. The number of ketones is 1. The van der Waals surface area contributed by atoms with Gasteiger partial charge in [0.1, 0.15) is 5.78 Å². The highest BCUT2D eigenvalue weighted by atomic mass is 16.2. The molecular weight excluding hydrogens is 196 g/mol. The first kappa shape index (κ1) is 11.7. The molecule has 5 nitrogen and oxygen atoms in total. The third-order valence-electron chi connectivity index (χ3n) is 2.35. The van der Waals surface area contributed by atoms with Gasteiger partial charge in [0, 0.05) is 26.1 Å². The maximum Gasteiger partial charge on any atom is 0.230 e. The fourth-order valence-corrected chi connectivity index (χ4v) is 1.72. The standard InChI is InChI=1S/C10H16N2O3/c1-7(13)5-10(15)12-4-3-9(6-12)11-8(2)14/h9H,3-6H2,1-2H3,(H,11,14). The molecule has 1 N–H and O–H groups in total. The molecule has 1 heterocycles. The van der Waals surface area contributed by atoms with Crippen LogP contribution in [0.25, 0.3) is 0 Å². The third kappa shape index (κ3) is 3.69. The summed E-state index contributed by atoms with van der Waals surface area (Å²) in [5.74, 6) is -0.348. The van der Waals surface area contributed by atoms with Gasteiger partial charge in [-0.05, 0) is 13.3 Å². The smallest absolute Gasteiger partial charge is 0.230 e. The SMILES string of the molecule is CC(=O)CC(=O)N1CCC(NC(C)=O)C1. The molecule has 5 heteroatoms. The fraction of sp³-hybridized carbons (Fsp3) is 0.700. The summed E-state index contributed by atoms with van der Waals surface area (Å²) in [7, 11) is 0. The van der Waals surface area contributed by atoms with Gasteiger partial charge in [-0.25, -0.2) is 0 Å². The van der Waals surface area contributed by atoms with E-state index in [4.69, 9.17) is 0 Å². The van der Waals surface area contributed by atoms with Crippen molar-refractivity contribution in [3.05, 3.63) is 0 Å². The second-order valence-corrected chi connectivity index (χ2v) is 3.90. The van der Waals surface area contributed by atoms with E-state index in [1.165, 1.54) is 13.8 Å². The van der Waals surface area contributed by atoms with Gasteiger partial charge < -0.3 is 10.2 Å². The Kier molecular flexibility index (Phi) is 3.82. The first-order chi connectivity index (χ1) is 6.99. The highest BCUT2D eigenvalue weighted by Crippen LogP contribution is 2.10. The Morgan fingerprint density at radius 1 is 1.33 bits per heavy atom. The number of nitrogens with zero attached hydrogens (tertiary/aromatic N) is 1. The van der Waals surface area contributed by atoms with Crippen LogP contribution in [0.3, 0.4) is 0 Å². The molecule has 0 aliphatic carbocycles. The molecular formula is C10H16N2O3. The molecule has 2 amide bonds. The van der Waals surface area contributed by atoms with E-state index in [1.807, 2.05) is 0 Å². The number of carbonyl (C=O) groups is 3. The van der Waals surface area contributed by atoms with E-state index in [2.05, 4.69) is 5.32 Å². The van der Waals surface area contributed by atoms with E-state index in [-0.39, 0.29) is 30.1 Å². The molecule has 15 heavy (non-hydrogen) atoms. The van der Waals surface area contributed by atoms with Gasteiger partial charge in [0.05, 0.1) is 6.42 Å². The zero-order valence-corrected chi connectivity index (χ0v) is 9.08. The minimum absolute atomic E-state index is 0.0349. The Bertz CT molecular complexity index is 288. The molecule has 1 atom stereocenters. The molecule has 0 aromatic heterocycles. The minimum Gasteiger partial charge on any atom is -0.352 e. The molecule has 0 spiro atoms. The lowest BCUT2D eigenvalue weighted by Gasteiger charge is -2.15. The second kappa shape index (κ2) is 4.91. The maximum atomic E-state index is 11.5. The molecule has 0 aromatic rings. The predicted molar refractivity (Wildman–Crippen MR) is 54.1 cm³/mol. The van der Waals surface area contributed by atoms with Crippen molar-refractivity contribution in [1.29, 1.82) is 0 Å². The summed E-state index contributed by atoms with van der Waals surface area (Å²) in [5.41, 5.74) is 0. The van der Waals surface area contributed by atoms with Crippen LogP contribution in [0.4, 0.5) is 0 Å². The molecule has 1 aliphatic rings. The van der Waals surface area contributed by atoms with Gasteiger partial charge >= 0.3 is 0 Å². The Morgan fingerprint density at radius 3 is 2.53 bits per heavy atom. The van der Waals surface area contributed by atoms with Crippen molar-refractivity contribution in [3.63, 3.8) is 0 Å². The number of nitrogens with one attached hydrogen (secondary N) is 1. The van der Waals surface area contributed by atoms with Crippen LogP contribution in [0.5, 0.6) is 0 Å². The van der Waals surface area contributed by atoms with Crippen LogP contribution >= 0.6 is 0 Å². The van der Waals surface area contributed by atoms with Crippen molar-refractivity contribution in [1.82, 2.24) is 10.2 Å². The van der Waals surface area contributed by atoms with Gasteiger partial charge in [-0.3, -0.25) is 14.4 Å². The molecule has 0 saturated carbocycles. The Morgan fingerprint density at radius 2 is 2.00 bits per heavy atom. The summed E-state index contributed by atoms with van der Waals surface area (Å²) in [6.45, 7) is 4.00. The highest BCUT2D eigenvalue weighted by Gasteiger charge is 2.26. The number of carbonyl (C=O) groups excluding carboxylic acids is 3. The number of hydrogen-bond acceptors (Lipinski definition) is 3. The Hall–Kier alpha value is -1.39. The average Bonchev–Trinajstić information content (AvgIpc) is 2.50. The summed E-state index contributed by atoms with van der Waals surface area (Å²) < 4.78 is 0. The first-order valence-electron chi connectivity index (χ1n) is 5.03. The quantitative estimate of drug-likeness (QED) is 0.653. The van der Waals surface area contributed by atoms with Crippen molar-refractivity contribution in [2.75, 3.05) is 13.1 Å². The number of likely N-dealkylation sites (tertiary alicyclic amines) is 1. The van der Waals surface area contributed by atoms with Crippen molar-refractivity contribution < 1.29 is 14.4 Å². The highest BCUT2D eigenvalue weighted by molar-refractivity contribution is 5.96. The zero-order chi connectivity index (χ0) is 11.4. The predicted octanol–water partition coefficient (Wildman–Crippen LogP) is -0.297. The van der Waals surface area contributed by atoms with E-state index >= 15 is 0 Å². The Balaban J connectivity index is 2.38. The molecule has 1 aliphatic heterocycles. The number of rotatable bonds is 3. The monoisotopic (exact) mass is 212 g/mol. The van der Waals surface area contributed by atoms with Crippen molar-refractivity contribution in [2.24, 2.45) is 0 Å². The van der Waals surface area contributed by atoms with E-state index in [0.717, 1.165) is 6.42 Å². The maximum absolute atomic E-state index is 11.5. The summed E-state index contributed by atoms with van der Waals surface area (Å²) in [6, 6.07) is 0.0402. The molecule has 1 fully saturated rings. The minimum atomic E-state index is -0.143. The Labute approximate surface area is 88.8 Å². The van der Waals surface area contributed by atoms with Crippen LogP contribution in [-0.4, -0.2) is 41.6 Å². The largest absolute Gasteiger partial charge is 0.352 e.